The normalized spacial score (nSPS) is 20.1. The fourth-order valence-corrected chi connectivity index (χ4v) is 3.71. The molecule has 1 aromatic carbocycles. The average molecular weight is 339 g/mol. The SMILES string of the molecule is CNS(=O)(=O)C1CCN(CC(O)COc2ccc(C#N)cc2)C1. The summed E-state index contributed by atoms with van der Waals surface area (Å²) in [5.41, 5.74) is 0.548. The summed E-state index contributed by atoms with van der Waals surface area (Å²) < 4.78 is 31.3. The third-order valence-electron chi connectivity index (χ3n) is 3.85. The zero-order valence-corrected chi connectivity index (χ0v) is 13.8. The molecule has 8 heteroatoms. The number of aliphatic hydroxyl groups excluding tert-OH is 1. The number of ether oxygens (including phenoxy) is 1. The van der Waals surface area contributed by atoms with Crippen LogP contribution < -0.4 is 9.46 Å². The molecule has 1 saturated heterocycles. The van der Waals surface area contributed by atoms with Crippen LogP contribution in [0.25, 0.3) is 0 Å². The lowest BCUT2D eigenvalue weighted by atomic mass is 10.2. The lowest BCUT2D eigenvalue weighted by Crippen LogP contribution is -2.37. The fourth-order valence-electron chi connectivity index (χ4n) is 2.55. The van der Waals surface area contributed by atoms with Gasteiger partial charge in [0.05, 0.1) is 16.9 Å². The number of likely N-dealkylation sites (tertiary alicyclic amines) is 1. The molecule has 7 nitrogen and oxygen atoms in total. The summed E-state index contributed by atoms with van der Waals surface area (Å²) in [5.74, 6) is 0.583. The number of aliphatic hydroxyl groups is 1. The molecule has 0 aliphatic carbocycles. The van der Waals surface area contributed by atoms with Crippen LogP contribution >= 0.6 is 0 Å². The lowest BCUT2D eigenvalue weighted by Gasteiger charge is -2.20. The minimum absolute atomic E-state index is 0.117. The molecule has 1 heterocycles. The van der Waals surface area contributed by atoms with E-state index in [1.165, 1.54) is 7.05 Å². The summed E-state index contributed by atoms with van der Waals surface area (Å²) >= 11 is 0. The molecule has 126 valence electrons. The van der Waals surface area contributed by atoms with Gasteiger partial charge >= 0.3 is 0 Å². The van der Waals surface area contributed by atoms with Gasteiger partial charge in [0.2, 0.25) is 10.0 Å². The Morgan fingerprint density at radius 3 is 2.78 bits per heavy atom. The van der Waals surface area contributed by atoms with Gasteiger partial charge in [-0.15, -0.1) is 0 Å². The molecule has 2 N–H and O–H groups in total. The first-order valence-corrected chi connectivity index (χ1v) is 8.95. The zero-order valence-electron chi connectivity index (χ0n) is 13.0. The van der Waals surface area contributed by atoms with Crippen molar-refractivity contribution in [3.63, 3.8) is 0 Å². The van der Waals surface area contributed by atoms with Gasteiger partial charge in [-0.2, -0.15) is 5.26 Å². The second-order valence-corrected chi connectivity index (χ2v) is 7.69. The Bertz CT molecular complexity index is 654. The minimum atomic E-state index is -3.26. The van der Waals surface area contributed by atoms with Crippen molar-refractivity contribution in [1.82, 2.24) is 9.62 Å². The van der Waals surface area contributed by atoms with Crippen molar-refractivity contribution in [3.8, 4) is 11.8 Å². The maximum Gasteiger partial charge on any atom is 0.215 e. The number of sulfonamides is 1. The Labute approximate surface area is 136 Å². The summed E-state index contributed by atoms with van der Waals surface area (Å²) in [6.07, 6.45) is -0.145. The zero-order chi connectivity index (χ0) is 16.9. The summed E-state index contributed by atoms with van der Waals surface area (Å²) in [4.78, 5) is 1.92. The minimum Gasteiger partial charge on any atom is -0.491 e. The number of hydrogen-bond acceptors (Lipinski definition) is 6. The fraction of sp³-hybridized carbons (Fsp3) is 0.533. The number of hydrogen-bond donors (Lipinski definition) is 2. The predicted molar refractivity (Wildman–Crippen MR) is 85.5 cm³/mol. The third kappa shape index (κ3) is 4.91. The molecule has 2 unspecified atom stereocenters. The van der Waals surface area contributed by atoms with E-state index in [2.05, 4.69) is 4.72 Å². The quantitative estimate of drug-likeness (QED) is 0.720. The number of rotatable bonds is 7. The molecule has 1 aromatic rings. The van der Waals surface area contributed by atoms with E-state index in [0.717, 1.165) is 0 Å². The van der Waals surface area contributed by atoms with Crippen LogP contribution in [0.4, 0.5) is 0 Å². The van der Waals surface area contributed by atoms with Crippen LogP contribution in [0.15, 0.2) is 24.3 Å². The monoisotopic (exact) mass is 339 g/mol. The molecule has 0 aromatic heterocycles. The molecule has 2 rings (SSSR count). The molecular weight excluding hydrogens is 318 g/mol. The smallest absolute Gasteiger partial charge is 0.215 e. The highest BCUT2D eigenvalue weighted by molar-refractivity contribution is 7.90. The van der Waals surface area contributed by atoms with E-state index in [1.54, 1.807) is 24.3 Å². The van der Waals surface area contributed by atoms with E-state index in [1.807, 2.05) is 11.0 Å². The first-order valence-electron chi connectivity index (χ1n) is 7.40. The van der Waals surface area contributed by atoms with Crippen LogP contribution in [0.3, 0.4) is 0 Å². The van der Waals surface area contributed by atoms with E-state index in [9.17, 15) is 13.5 Å². The summed E-state index contributed by atoms with van der Waals surface area (Å²) in [7, 11) is -1.84. The van der Waals surface area contributed by atoms with E-state index >= 15 is 0 Å². The molecule has 1 aliphatic heterocycles. The molecule has 0 saturated carbocycles. The summed E-state index contributed by atoms with van der Waals surface area (Å²) in [6, 6.07) is 8.67. The molecule has 2 atom stereocenters. The number of benzene rings is 1. The van der Waals surface area contributed by atoms with Gasteiger partial charge in [-0.1, -0.05) is 0 Å². The van der Waals surface area contributed by atoms with Crippen molar-refractivity contribution in [2.75, 3.05) is 33.3 Å². The molecular formula is C15H21N3O4S. The molecule has 1 aliphatic rings. The highest BCUT2D eigenvalue weighted by Gasteiger charge is 2.32. The molecule has 23 heavy (non-hydrogen) atoms. The molecule has 0 bridgehead atoms. The molecule has 0 spiro atoms. The van der Waals surface area contributed by atoms with E-state index in [4.69, 9.17) is 10.00 Å². The van der Waals surface area contributed by atoms with Crippen LogP contribution in [0.2, 0.25) is 0 Å². The van der Waals surface area contributed by atoms with Crippen LogP contribution in [-0.2, 0) is 10.0 Å². The van der Waals surface area contributed by atoms with Crippen LogP contribution in [0.5, 0.6) is 5.75 Å². The van der Waals surface area contributed by atoms with E-state index in [-0.39, 0.29) is 6.61 Å². The van der Waals surface area contributed by atoms with Gasteiger partial charge in [0, 0.05) is 13.1 Å². The number of nitriles is 1. The molecule has 0 radical (unpaired) electrons. The Kier molecular flexibility index (Phi) is 5.96. The topological polar surface area (TPSA) is 103 Å². The van der Waals surface area contributed by atoms with E-state index < -0.39 is 21.4 Å². The van der Waals surface area contributed by atoms with Crippen molar-refractivity contribution in [2.24, 2.45) is 0 Å². The van der Waals surface area contributed by atoms with Crippen molar-refractivity contribution in [3.05, 3.63) is 29.8 Å². The highest BCUT2D eigenvalue weighted by atomic mass is 32.2. The van der Waals surface area contributed by atoms with Crippen LogP contribution in [0, 0.1) is 11.3 Å². The van der Waals surface area contributed by atoms with Crippen molar-refractivity contribution < 1.29 is 18.3 Å². The van der Waals surface area contributed by atoms with Gasteiger partial charge < -0.3 is 9.84 Å². The first kappa shape index (κ1) is 17.7. The summed E-state index contributed by atoms with van der Waals surface area (Å²) in [5, 5.41) is 18.3. The summed E-state index contributed by atoms with van der Waals surface area (Å²) in [6.45, 7) is 1.54. The van der Waals surface area contributed by atoms with Gasteiger partial charge in [0.1, 0.15) is 18.5 Å². The largest absolute Gasteiger partial charge is 0.491 e. The number of nitrogens with one attached hydrogen (secondary N) is 1. The van der Waals surface area contributed by atoms with E-state index in [0.29, 0.717) is 37.4 Å². The van der Waals surface area contributed by atoms with Gasteiger partial charge in [0.25, 0.3) is 0 Å². The van der Waals surface area contributed by atoms with Crippen molar-refractivity contribution >= 4 is 10.0 Å². The Hall–Kier alpha value is -1.66. The number of nitrogens with zero attached hydrogens (tertiary/aromatic N) is 2. The molecule has 0 amide bonds. The van der Waals surface area contributed by atoms with Gasteiger partial charge in [0.15, 0.2) is 0 Å². The lowest BCUT2D eigenvalue weighted by molar-refractivity contribution is 0.0759. The van der Waals surface area contributed by atoms with Gasteiger partial charge in [-0.3, -0.25) is 4.90 Å². The van der Waals surface area contributed by atoms with Crippen molar-refractivity contribution in [2.45, 2.75) is 17.8 Å². The second kappa shape index (κ2) is 7.75. The first-order chi connectivity index (χ1) is 10.9. The van der Waals surface area contributed by atoms with Gasteiger partial charge in [-0.05, 0) is 44.3 Å². The highest BCUT2D eigenvalue weighted by Crippen LogP contribution is 2.17. The standard InChI is InChI=1S/C15H21N3O4S/c1-17-23(20,21)15-6-7-18(10-15)9-13(19)11-22-14-4-2-12(8-16)3-5-14/h2-5,13,15,17,19H,6-7,9-11H2,1H3. The second-order valence-electron chi connectivity index (χ2n) is 5.52. The van der Waals surface area contributed by atoms with Crippen LogP contribution in [-0.4, -0.2) is 63.1 Å². The Balaban J connectivity index is 1.77. The Morgan fingerprint density at radius 2 is 2.17 bits per heavy atom. The van der Waals surface area contributed by atoms with Gasteiger partial charge in [-0.25, -0.2) is 13.1 Å². The molecule has 1 fully saturated rings. The predicted octanol–water partition coefficient (Wildman–Crippen LogP) is -0.0785. The third-order valence-corrected chi connectivity index (χ3v) is 5.68. The maximum atomic E-state index is 11.7. The van der Waals surface area contributed by atoms with Crippen molar-refractivity contribution in [1.29, 1.82) is 5.26 Å². The van der Waals surface area contributed by atoms with Crippen LogP contribution in [0.1, 0.15) is 12.0 Å². The number of β-amino-alcohol motifs (C(OH)–C–C–N with tert-alkyl or cyclic N) is 1. The average Bonchev–Trinajstić information content (AvgIpc) is 3.02. The Morgan fingerprint density at radius 1 is 1.48 bits per heavy atom. The maximum absolute atomic E-state index is 11.7.